The zero-order chi connectivity index (χ0) is 12.0. The first-order valence-electron chi connectivity index (χ1n) is 5.99. The van der Waals surface area contributed by atoms with Crippen molar-refractivity contribution in [1.29, 1.82) is 5.26 Å². The SMILES string of the molecule is CCCCc1nn(CCCC)c(N)c1C#N. The Balaban J connectivity index is 2.87. The van der Waals surface area contributed by atoms with Crippen molar-refractivity contribution >= 4 is 5.82 Å². The molecule has 0 spiro atoms. The number of anilines is 1. The maximum absolute atomic E-state index is 9.05. The minimum atomic E-state index is 0.530. The summed E-state index contributed by atoms with van der Waals surface area (Å²) >= 11 is 0. The van der Waals surface area contributed by atoms with Crippen LogP contribution in [0.3, 0.4) is 0 Å². The molecule has 0 aliphatic heterocycles. The van der Waals surface area contributed by atoms with Crippen LogP contribution in [0.4, 0.5) is 5.82 Å². The third-order valence-corrected chi connectivity index (χ3v) is 2.67. The number of aryl methyl sites for hydroxylation is 2. The third-order valence-electron chi connectivity index (χ3n) is 2.67. The molecule has 0 amide bonds. The van der Waals surface area contributed by atoms with E-state index in [4.69, 9.17) is 11.0 Å². The molecule has 0 aromatic carbocycles. The van der Waals surface area contributed by atoms with Gasteiger partial charge in [0, 0.05) is 6.54 Å². The van der Waals surface area contributed by atoms with Gasteiger partial charge in [0.25, 0.3) is 0 Å². The van der Waals surface area contributed by atoms with E-state index < -0.39 is 0 Å². The van der Waals surface area contributed by atoms with Gasteiger partial charge in [-0.2, -0.15) is 10.4 Å². The summed E-state index contributed by atoms with van der Waals surface area (Å²) in [6, 6.07) is 2.16. The van der Waals surface area contributed by atoms with Crippen molar-refractivity contribution in [3.05, 3.63) is 11.3 Å². The number of rotatable bonds is 6. The highest BCUT2D eigenvalue weighted by atomic mass is 15.3. The first-order valence-corrected chi connectivity index (χ1v) is 5.99. The molecule has 88 valence electrons. The maximum Gasteiger partial charge on any atom is 0.140 e. The van der Waals surface area contributed by atoms with Crippen LogP contribution in [0.2, 0.25) is 0 Å². The van der Waals surface area contributed by atoms with Crippen LogP contribution in [0.25, 0.3) is 0 Å². The van der Waals surface area contributed by atoms with Gasteiger partial charge in [-0.25, -0.2) is 4.68 Å². The second-order valence-electron chi connectivity index (χ2n) is 4.00. The summed E-state index contributed by atoms with van der Waals surface area (Å²) in [5.74, 6) is 0.530. The topological polar surface area (TPSA) is 67.6 Å². The number of nitrogen functional groups attached to an aromatic ring is 1. The molecule has 0 fully saturated rings. The van der Waals surface area contributed by atoms with E-state index in [1.165, 1.54) is 0 Å². The molecule has 1 aromatic heterocycles. The lowest BCUT2D eigenvalue weighted by Gasteiger charge is -2.01. The fourth-order valence-electron chi connectivity index (χ4n) is 1.65. The lowest BCUT2D eigenvalue weighted by molar-refractivity contribution is 0.570. The lowest BCUT2D eigenvalue weighted by Crippen LogP contribution is -2.05. The predicted octanol–water partition coefficient (Wildman–Crippen LogP) is 2.48. The molecule has 0 atom stereocenters. The van der Waals surface area contributed by atoms with Gasteiger partial charge in [-0.15, -0.1) is 0 Å². The molecule has 16 heavy (non-hydrogen) atoms. The Morgan fingerprint density at radius 1 is 1.31 bits per heavy atom. The Morgan fingerprint density at radius 2 is 2.00 bits per heavy atom. The van der Waals surface area contributed by atoms with Crippen LogP contribution in [0.1, 0.15) is 50.8 Å². The molecule has 1 aromatic rings. The molecule has 0 saturated carbocycles. The van der Waals surface area contributed by atoms with Crippen molar-refractivity contribution in [2.24, 2.45) is 0 Å². The van der Waals surface area contributed by atoms with Gasteiger partial charge >= 0.3 is 0 Å². The zero-order valence-corrected chi connectivity index (χ0v) is 10.2. The van der Waals surface area contributed by atoms with Crippen LogP contribution in [0, 0.1) is 11.3 Å². The summed E-state index contributed by atoms with van der Waals surface area (Å²) in [6.45, 7) is 5.06. The van der Waals surface area contributed by atoms with Gasteiger partial charge in [-0.05, 0) is 19.3 Å². The van der Waals surface area contributed by atoms with E-state index in [0.717, 1.165) is 44.3 Å². The molecule has 1 heterocycles. The highest BCUT2D eigenvalue weighted by molar-refractivity contribution is 5.52. The van der Waals surface area contributed by atoms with E-state index in [2.05, 4.69) is 25.0 Å². The summed E-state index contributed by atoms with van der Waals surface area (Å²) < 4.78 is 1.77. The standard InChI is InChI=1S/C12H20N4/c1-3-5-7-11-10(9-13)12(14)16(15-11)8-6-4-2/h3-8,14H2,1-2H3. The van der Waals surface area contributed by atoms with Crippen molar-refractivity contribution < 1.29 is 0 Å². The predicted molar refractivity (Wildman–Crippen MR) is 64.9 cm³/mol. The summed E-state index contributed by atoms with van der Waals surface area (Å²) in [7, 11) is 0. The summed E-state index contributed by atoms with van der Waals surface area (Å²) in [5.41, 5.74) is 7.34. The van der Waals surface area contributed by atoms with Gasteiger partial charge in [-0.3, -0.25) is 0 Å². The van der Waals surface area contributed by atoms with E-state index >= 15 is 0 Å². The van der Waals surface area contributed by atoms with E-state index in [9.17, 15) is 0 Å². The molecule has 0 bridgehead atoms. The van der Waals surface area contributed by atoms with Crippen molar-refractivity contribution in [3.63, 3.8) is 0 Å². The molecule has 0 radical (unpaired) electrons. The summed E-state index contributed by atoms with van der Waals surface area (Å²) in [5, 5.41) is 13.5. The molecule has 1 rings (SSSR count). The second-order valence-corrected chi connectivity index (χ2v) is 4.00. The first kappa shape index (κ1) is 12.6. The zero-order valence-electron chi connectivity index (χ0n) is 10.2. The highest BCUT2D eigenvalue weighted by Gasteiger charge is 2.14. The fraction of sp³-hybridized carbons (Fsp3) is 0.667. The number of hydrogen-bond acceptors (Lipinski definition) is 3. The van der Waals surface area contributed by atoms with E-state index in [0.29, 0.717) is 11.4 Å². The molecule has 0 unspecified atom stereocenters. The lowest BCUT2D eigenvalue weighted by atomic mass is 10.1. The maximum atomic E-state index is 9.05. The molecular formula is C12H20N4. The van der Waals surface area contributed by atoms with Crippen molar-refractivity contribution in [1.82, 2.24) is 9.78 Å². The van der Waals surface area contributed by atoms with Crippen LogP contribution in [0.5, 0.6) is 0 Å². The van der Waals surface area contributed by atoms with Gasteiger partial charge in [0.05, 0.1) is 5.69 Å². The highest BCUT2D eigenvalue weighted by Crippen LogP contribution is 2.18. The quantitative estimate of drug-likeness (QED) is 0.800. The van der Waals surface area contributed by atoms with E-state index in [1.54, 1.807) is 4.68 Å². The molecule has 4 heteroatoms. The Bertz CT molecular complexity index is 373. The number of hydrogen-bond donors (Lipinski definition) is 1. The van der Waals surface area contributed by atoms with Crippen molar-refractivity contribution in [3.8, 4) is 6.07 Å². The molecule has 0 aliphatic carbocycles. The first-order chi connectivity index (χ1) is 7.74. The van der Waals surface area contributed by atoms with Crippen LogP contribution in [0.15, 0.2) is 0 Å². The minimum Gasteiger partial charge on any atom is -0.383 e. The van der Waals surface area contributed by atoms with Crippen LogP contribution >= 0.6 is 0 Å². The Morgan fingerprint density at radius 3 is 2.56 bits per heavy atom. The van der Waals surface area contributed by atoms with Crippen LogP contribution in [-0.4, -0.2) is 9.78 Å². The van der Waals surface area contributed by atoms with Crippen molar-refractivity contribution in [2.45, 2.75) is 52.5 Å². The Labute approximate surface area is 97.1 Å². The second kappa shape index (κ2) is 6.16. The van der Waals surface area contributed by atoms with E-state index in [1.807, 2.05) is 0 Å². The van der Waals surface area contributed by atoms with Gasteiger partial charge in [-0.1, -0.05) is 26.7 Å². The summed E-state index contributed by atoms with van der Waals surface area (Å²) in [6.07, 6.45) is 5.16. The number of aromatic nitrogens is 2. The normalized spacial score (nSPS) is 10.3. The van der Waals surface area contributed by atoms with Crippen molar-refractivity contribution in [2.75, 3.05) is 5.73 Å². The number of nitrogens with zero attached hydrogens (tertiary/aromatic N) is 3. The number of nitrogens with two attached hydrogens (primary N) is 1. The molecule has 2 N–H and O–H groups in total. The fourth-order valence-corrected chi connectivity index (χ4v) is 1.65. The van der Waals surface area contributed by atoms with Gasteiger partial charge in [0.2, 0.25) is 0 Å². The molecular weight excluding hydrogens is 200 g/mol. The largest absolute Gasteiger partial charge is 0.383 e. The average molecular weight is 220 g/mol. The van der Waals surface area contributed by atoms with Crippen LogP contribution in [-0.2, 0) is 13.0 Å². The molecule has 0 aliphatic rings. The smallest absolute Gasteiger partial charge is 0.140 e. The van der Waals surface area contributed by atoms with E-state index in [-0.39, 0.29) is 0 Å². The number of unbranched alkanes of at least 4 members (excludes halogenated alkanes) is 2. The summed E-state index contributed by atoms with van der Waals surface area (Å²) in [4.78, 5) is 0. The number of nitriles is 1. The van der Waals surface area contributed by atoms with Gasteiger partial charge < -0.3 is 5.73 Å². The molecule has 4 nitrogen and oxygen atoms in total. The third kappa shape index (κ3) is 2.75. The Kier molecular flexibility index (Phi) is 4.84. The minimum absolute atomic E-state index is 0.530. The van der Waals surface area contributed by atoms with Gasteiger partial charge in [0.15, 0.2) is 0 Å². The average Bonchev–Trinajstić information content (AvgIpc) is 2.60. The monoisotopic (exact) mass is 220 g/mol. The Hall–Kier alpha value is -1.50. The molecule has 0 saturated heterocycles. The van der Waals surface area contributed by atoms with Gasteiger partial charge in [0.1, 0.15) is 17.5 Å². The van der Waals surface area contributed by atoms with Crippen LogP contribution < -0.4 is 5.73 Å².